The molecule has 0 aromatic heterocycles. The van der Waals surface area contributed by atoms with Gasteiger partial charge in [0.05, 0.1) is 13.2 Å². The van der Waals surface area contributed by atoms with E-state index >= 15 is 0 Å². The maximum absolute atomic E-state index is 13.8. The molecule has 216 valence electrons. The van der Waals surface area contributed by atoms with Crippen LogP contribution in [0, 0.1) is 0 Å². The van der Waals surface area contributed by atoms with E-state index in [1.807, 2.05) is 0 Å². The van der Waals surface area contributed by atoms with Gasteiger partial charge in [0.1, 0.15) is 12.2 Å². The van der Waals surface area contributed by atoms with Crippen LogP contribution in [0.3, 0.4) is 0 Å². The number of piperidine rings is 2. The van der Waals surface area contributed by atoms with Crippen LogP contribution in [0.15, 0.2) is 0 Å². The molecule has 9 nitrogen and oxygen atoms in total. The van der Waals surface area contributed by atoms with Crippen molar-refractivity contribution in [2.45, 2.75) is 135 Å². The van der Waals surface area contributed by atoms with E-state index in [0.717, 1.165) is 0 Å². The molecule has 2 rings (SSSR count). The lowest BCUT2D eigenvalue weighted by molar-refractivity contribution is -0.169. The molecule has 10 heteroatoms. The molecule has 2 heterocycles. The minimum absolute atomic E-state index is 0.0108. The highest BCUT2D eigenvalue weighted by atomic mass is 31.2. The Labute approximate surface area is 224 Å². The second-order valence-corrected chi connectivity index (χ2v) is 15.2. The summed E-state index contributed by atoms with van der Waals surface area (Å²) in [6.45, 7) is 20.0. The Morgan fingerprint density at radius 3 is 1.22 bits per heavy atom. The van der Waals surface area contributed by atoms with Gasteiger partial charge in [-0.3, -0.25) is 24.0 Å². The van der Waals surface area contributed by atoms with Crippen molar-refractivity contribution in [3.63, 3.8) is 0 Å². The molecule has 2 fully saturated rings. The van der Waals surface area contributed by atoms with E-state index in [1.54, 1.807) is 13.8 Å². The van der Waals surface area contributed by atoms with Crippen molar-refractivity contribution in [1.29, 1.82) is 0 Å². The zero-order valence-electron chi connectivity index (χ0n) is 25.2. The summed E-state index contributed by atoms with van der Waals surface area (Å²) < 4.78 is 36.6. The van der Waals surface area contributed by atoms with Gasteiger partial charge in [0.15, 0.2) is 0 Å². The van der Waals surface area contributed by atoms with Crippen molar-refractivity contribution in [2.75, 3.05) is 27.3 Å². The Morgan fingerprint density at radius 2 is 0.973 bits per heavy atom. The fraction of sp³-hybridized carbons (Fsp3) is 0.926. The molecule has 0 radical (unpaired) electrons. The Hall–Kier alpha value is -0.990. The van der Waals surface area contributed by atoms with E-state index in [2.05, 4.69) is 79.3 Å². The van der Waals surface area contributed by atoms with Gasteiger partial charge < -0.3 is 18.5 Å². The van der Waals surface area contributed by atoms with E-state index in [9.17, 15) is 14.2 Å². The van der Waals surface area contributed by atoms with Crippen LogP contribution in [0.1, 0.15) is 94.9 Å². The number of ether oxygens (including phenoxy) is 2. The SMILES string of the molecule is CCOP(=O)(OCC)C(C(=O)OC1CC(C)(C)N(C)C(C)(C)C1)C(=O)OC1CC(C)(C)N(C)C(C)(C)C1. The van der Waals surface area contributed by atoms with Crippen molar-refractivity contribution in [1.82, 2.24) is 9.80 Å². The molecule has 0 atom stereocenters. The Morgan fingerprint density at radius 1 is 0.703 bits per heavy atom. The minimum atomic E-state index is -4.20. The molecule has 0 unspecified atom stereocenters. The maximum Gasteiger partial charge on any atom is 0.356 e. The van der Waals surface area contributed by atoms with Crippen LogP contribution in [0.5, 0.6) is 0 Å². The average molecular weight is 547 g/mol. The summed E-state index contributed by atoms with van der Waals surface area (Å²) in [6, 6.07) is 0. The van der Waals surface area contributed by atoms with Gasteiger partial charge in [-0.1, -0.05) is 0 Å². The summed E-state index contributed by atoms with van der Waals surface area (Å²) in [5.41, 5.74) is -2.76. The highest BCUT2D eigenvalue weighted by Crippen LogP contribution is 2.54. The predicted octanol–water partition coefficient (Wildman–Crippen LogP) is 5.01. The maximum atomic E-state index is 13.8. The summed E-state index contributed by atoms with van der Waals surface area (Å²) in [7, 11) is -0.0867. The van der Waals surface area contributed by atoms with Crippen LogP contribution in [0.2, 0.25) is 0 Å². The summed E-state index contributed by atoms with van der Waals surface area (Å²) in [4.78, 5) is 31.8. The molecular formula is C27H51N2O7P. The lowest BCUT2D eigenvalue weighted by Crippen LogP contribution is -2.61. The minimum Gasteiger partial charge on any atom is -0.461 e. The molecule has 0 aromatic carbocycles. The van der Waals surface area contributed by atoms with Gasteiger partial charge in [0.2, 0.25) is 0 Å². The van der Waals surface area contributed by atoms with Crippen LogP contribution in [-0.2, 0) is 32.7 Å². The van der Waals surface area contributed by atoms with E-state index in [4.69, 9.17) is 18.5 Å². The summed E-state index contributed by atoms with van der Waals surface area (Å²) in [6.07, 6.45) is 1.39. The van der Waals surface area contributed by atoms with Gasteiger partial charge in [-0.25, -0.2) is 0 Å². The van der Waals surface area contributed by atoms with Crippen molar-refractivity contribution in [3.8, 4) is 0 Å². The first-order chi connectivity index (χ1) is 16.7. The van der Waals surface area contributed by atoms with Crippen molar-refractivity contribution >= 4 is 19.5 Å². The number of esters is 2. The van der Waals surface area contributed by atoms with Crippen molar-refractivity contribution in [3.05, 3.63) is 0 Å². The monoisotopic (exact) mass is 546 g/mol. The molecular weight excluding hydrogens is 495 g/mol. The van der Waals surface area contributed by atoms with Crippen molar-refractivity contribution in [2.24, 2.45) is 0 Å². The lowest BCUT2D eigenvalue weighted by Gasteiger charge is -2.53. The van der Waals surface area contributed by atoms with Gasteiger partial charge in [0, 0.05) is 47.8 Å². The van der Waals surface area contributed by atoms with Gasteiger partial charge in [-0.05, 0) is 83.3 Å². The number of rotatable bonds is 9. The first-order valence-corrected chi connectivity index (χ1v) is 15.1. The Kier molecular flexibility index (Phi) is 9.79. The van der Waals surface area contributed by atoms with E-state index in [0.29, 0.717) is 25.7 Å². The molecule has 0 aromatic rings. The molecule has 2 aliphatic heterocycles. The van der Waals surface area contributed by atoms with Gasteiger partial charge in [-0.15, -0.1) is 0 Å². The molecule has 37 heavy (non-hydrogen) atoms. The largest absolute Gasteiger partial charge is 0.461 e. The quantitative estimate of drug-likeness (QED) is 0.225. The van der Waals surface area contributed by atoms with Crippen LogP contribution < -0.4 is 0 Å². The molecule has 2 saturated heterocycles. The van der Waals surface area contributed by atoms with E-state index in [1.165, 1.54) is 0 Å². The third-order valence-electron chi connectivity index (χ3n) is 8.49. The molecule has 2 aliphatic rings. The van der Waals surface area contributed by atoms with Crippen LogP contribution in [0.25, 0.3) is 0 Å². The summed E-state index contributed by atoms with van der Waals surface area (Å²) in [5.74, 6) is -1.83. The van der Waals surface area contributed by atoms with E-state index in [-0.39, 0.29) is 35.4 Å². The van der Waals surface area contributed by atoms with Gasteiger partial charge in [-0.2, -0.15) is 0 Å². The second-order valence-electron chi connectivity index (χ2n) is 13.1. The Balaban J connectivity index is 2.35. The smallest absolute Gasteiger partial charge is 0.356 e. The predicted molar refractivity (Wildman–Crippen MR) is 145 cm³/mol. The topological polar surface area (TPSA) is 94.6 Å². The number of carbonyl (C=O) groups excluding carboxylic acids is 2. The lowest BCUT2D eigenvalue weighted by atomic mass is 9.78. The normalized spacial score (nSPS) is 24.7. The molecule has 0 saturated carbocycles. The standard InChI is InChI=1S/C27H51N2O7P/c1-13-33-37(32,34-14-2)21(22(30)35-19-15-24(3,4)28(11)25(5,6)16-19)23(31)36-20-17-26(7,8)29(12)27(9,10)18-20/h19-21H,13-18H2,1-12H3. The summed E-state index contributed by atoms with van der Waals surface area (Å²) in [5, 5.41) is 0. The van der Waals surface area contributed by atoms with Gasteiger partial charge in [0.25, 0.3) is 5.66 Å². The zero-order valence-corrected chi connectivity index (χ0v) is 26.1. The molecule has 0 N–H and O–H groups in total. The third kappa shape index (κ3) is 7.16. The van der Waals surface area contributed by atoms with Crippen molar-refractivity contribution < 1.29 is 32.7 Å². The molecule has 0 amide bonds. The first-order valence-electron chi connectivity index (χ1n) is 13.5. The second kappa shape index (κ2) is 11.2. The molecule has 0 aliphatic carbocycles. The third-order valence-corrected chi connectivity index (χ3v) is 10.8. The zero-order chi connectivity index (χ0) is 28.6. The number of hydrogen-bond acceptors (Lipinski definition) is 9. The Bertz CT molecular complexity index is 784. The fourth-order valence-corrected chi connectivity index (χ4v) is 7.81. The molecule has 0 spiro atoms. The number of carbonyl (C=O) groups is 2. The van der Waals surface area contributed by atoms with Crippen LogP contribution >= 0.6 is 7.60 Å². The van der Waals surface area contributed by atoms with E-state index < -0.39 is 37.4 Å². The summed E-state index contributed by atoms with van der Waals surface area (Å²) >= 11 is 0. The number of nitrogens with zero attached hydrogens (tertiary/aromatic N) is 2. The number of likely N-dealkylation sites (tertiary alicyclic amines) is 2. The van der Waals surface area contributed by atoms with Gasteiger partial charge >= 0.3 is 19.5 Å². The highest BCUT2D eigenvalue weighted by molar-refractivity contribution is 7.57. The average Bonchev–Trinajstić information content (AvgIpc) is 2.69. The first kappa shape index (κ1) is 32.2. The number of hydrogen-bond donors (Lipinski definition) is 0. The van der Waals surface area contributed by atoms with Crippen LogP contribution in [0.4, 0.5) is 0 Å². The fourth-order valence-electron chi connectivity index (χ4n) is 6.08. The highest BCUT2D eigenvalue weighted by Gasteiger charge is 2.53. The molecule has 0 bridgehead atoms. The van der Waals surface area contributed by atoms with Crippen LogP contribution in [-0.4, -0.2) is 89.1 Å².